The summed E-state index contributed by atoms with van der Waals surface area (Å²) >= 11 is 5.67. The molecule has 0 heterocycles. The van der Waals surface area contributed by atoms with Gasteiger partial charge in [0, 0.05) is 25.2 Å². The van der Waals surface area contributed by atoms with Gasteiger partial charge in [0.2, 0.25) is 0 Å². The molecule has 6 heteroatoms. The van der Waals surface area contributed by atoms with Crippen molar-refractivity contribution in [3.8, 4) is 0 Å². The molecular formula is C17H22ClFN2O2. The van der Waals surface area contributed by atoms with Crippen molar-refractivity contribution in [1.82, 2.24) is 10.2 Å². The first-order valence-electron chi connectivity index (χ1n) is 8.14. The minimum Gasteiger partial charge on any atom is -0.480 e. The van der Waals surface area contributed by atoms with Gasteiger partial charge in [0.15, 0.2) is 0 Å². The van der Waals surface area contributed by atoms with Gasteiger partial charge in [-0.15, -0.1) is 0 Å². The SMILES string of the molecule is O=C(O)CN(CC1CC1)C1CC(NCc2ccc(Cl)c(F)c2)C1. The molecule has 0 saturated heterocycles. The Balaban J connectivity index is 1.43. The van der Waals surface area contributed by atoms with Gasteiger partial charge in [-0.05, 0) is 49.3 Å². The van der Waals surface area contributed by atoms with E-state index in [1.807, 2.05) is 6.07 Å². The maximum absolute atomic E-state index is 13.4. The van der Waals surface area contributed by atoms with Crippen molar-refractivity contribution in [2.45, 2.75) is 44.3 Å². The van der Waals surface area contributed by atoms with Crippen molar-refractivity contribution >= 4 is 17.6 Å². The van der Waals surface area contributed by atoms with Gasteiger partial charge in [-0.25, -0.2) is 4.39 Å². The van der Waals surface area contributed by atoms with E-state index in [2.05, 4.69) is 10.2 Å². The Morgan fingerprint density at radius 3 is 2.74 bits per heavy atom. The Morgan fingerprint density at radius 1 is 1.39 bits per heavy atom. The lowest BCUT2D eigenvalue weighted by Gasteiger charge is -2.43. The van der Waals surface area contributed by atoms with E-state index >= 15 is 0 Å². The minimum atomic E-state index is -0.751. The van der Waals surface area contributed by atoms with E-state index in [1.54, 1.807) is 6.07 Å². The van der Waals surface area contributed by atoms with Crippen LogP contribution in [0.25, 0.3) is 0 Å². The van der Waals surface area contributed by atoms with E-state index < -0.39 is 11.8 Å². The molecule has 0 spiro atoms. The van der Waals surface area contributed by atoms with Gasteiger partial charge in [-0.2, -0.15) is 0 Å². The summed E-state index contributed by atoms with van der Waals surface area (Å²) in [5.74, 6) is -0.452. The summed E-state index contributed by atoms with van der Waals surface area (Å²) in [4.78, 5) is 13.1. The van der Waals surface area contributed by atoms with E-state index in [-0.39, 0.29) is 11.6 Å². The van der Waals surface area contributed by atoms with E-state index in [9.17, 15) is 9.18 Å². The molecule has 2 fully saturated rings. The summed E-state index contributed by atoms with van der Waals surface area (Å²) in [7, 11) is 0. The number of carboxylic acids is 1. The third kappa shape index (κ3) is 4.66. The number of hydrogen-bond acceptors (Lipinski definition) is 3. The van der Waals surface area contributed by atoms with Crippen LogP contribution in [0.3, 0.4) is 0 Å². The zero-order valence-electron chi connectivity index (χ0n) is 13.0. The van der Waals surface area contributed by atoms with Crippen LogP contribution in [0.5, 0.6) is 0 Å². The number of halogens is 2. The maximum atomic E-state index is 13.4. The Bertz CT molecular complexity index is 574. The lowest BCUT2D eigenvalue weighted by molar-refractivity contribution is -0.139. The number of aliphatic carboxylic acids is 1. The van der Waals surface area contributed by atoms with Crippen LogP contribution in [-0.4, -0.2) is 41.1 Å². The standard InChI is InChI=1S/C17H22ClFN2O2/c18-15-4-3-12(5-16(15)19)8-20-13-6-14(7-13)21(10-17(22)23)9-11-1-2-11/h3-5,11,13-14,20H,1-2,6-10H2,(H,22,23). The van der Waals surface area contributed by atoms with E-state index in [4.69, 9.17) is 16.7 Å². The molecule has 1 aromatic carbocycles. The van der Waals surface area contributed by atoms with Crippen LogP contribution in [0.15, 0.2) is 18.2 Å². The van der Waals surface area contributed by atoms with Crippen molar-refractivity contribution in [2.75, 3.05) is 13.1 Å². The average Bonchev–Trinajstić information content (AvgIpc) is 3.24. The highest BCUT2D eigenvalue weighted by atomic mass is 35.5. The maximum Gasteiger partial charge on any atom is 0.317 e. The highest BCUT2D eigenvalue weighted by molar-refractivity contribution is 6.30. The summed E-state index contributed by atoms with van der Waals surface area (Å²) in [6, 6.07) is 5.57. The van der Waals surface area contributed by atoms with Crippen LogP contribution in [-0.2, 0) is 11.3 Å². The van der Waals surface area contributed by atoms with Gasteiger partial charge in [-0.3, -0.25) is 9.69 Å². The average molecular weight is 341 g/mol. The number of nitrogens with zero attached hydrogens (tertiary/aromatic N) is 1. The lowest BCUT2D eigenvalue weighted by atomic mass is 9.85. The predicted molar refractivity (Wildman–Crippen MR) is 87.0 cm³/mol. The normalized spacial score (nSPS) is 23.8. The molecule has 4 nitrogen and oxygen atoms in total. The molecule has 0 bridgehead atoms. The molecule has 3 rings (SSSR count). The molecule has 2 N–H and O–H groups in total. The van der Waals surface area contributed by atoms with Crippen LogP contribution in [0.2, 0.25) is 5.02 Å². The topological polar surface area (TPSA) is 52.6 Å². The molecule has 126 valence electrons. The molecule has 0 aromatic heterocycles. The molecule has 1 aromatic rings. The molecule has 0 amide bonds. The number of nitrogens with one attached hydrogen (secondary N) is 1. The van der Waals surface area contributed by atoms with Crippen molar-refractivity contribution < 1.29 is 14.3 Å². The summed E-state index contributed by atoms with van der Waals surface area (Å²) in [6.45, 7) is 1.65. The Morgan fingerprint density at radius 2 is 2.13 bits per heavy atom. The van der Waals surface area contributed by atoms with E-state index in [1.165, 1.54) is 18.9 Å². The monoisotopic (exact) mass is 340 g/mol. The molecule has 23 heavy (non-hydrogen) atoms. The molecule has 0 radical (unpaired) electrons. The fourth-order valence-electron chi connectivity index (χ4n) is 3.11. The van der Waals surface area contributed by atoms with Gasteiger partial charge in [-0.1, -0.05) is 17.7 Å². The molecule has 0 aliphatic heterocycles. The van der Waals surface area contributed by atoms with Crippen molar-refractivity contribution in [3.63, 3.8) is 0 Å². The fraction of sp³-hybridized carbons (Fsp3) is 0.588. The molecule has 0 atom stereocenters. The third-order valence-corrected chi connectivity index (χ3v) is 5.04. The van der Waals surface area contributed by atoms with Crippen LogP contribution in [0, 0.1) is 11.7 Å². The second kappa shape index (κ2) is 7.16. The second-order valence-electron chi connectivity index (χ2n) is 6.72. The summed E-state index contributed by atoms with van der Waals surface area (Å²) < 4.78 is 13.4. The van der Waals surface area contributed by atoms with Crippen molar-refractivity contribution in [1.29, 1.82) is 0 Å². The van der Waals surface area contributed by atoms with Crippen LogP contribution < -0.4 is 5.32 Å². The number of benzene rings is 1. The van der Waals surface area contributed by atoms with Gasteiger partial charge < -0.3 is 10.4 Å². The lowest BCUT2D eigenvalue weighted by Crippen LogP contribution is -2.54. The zero-order chi connectivity index (χ0) is 16.4. The van der Waals surface area contributed by atoms with Crippen molar-refractivity contribution in [3.05, 3.63) is 34.6 Å². The predicted octanol–water partition coefficient (Wildman–Crippen LogP) is 2.90. The van der Waals surface area contributed by atoms with Crippen LogP contribution in [0.4, 0.5) is 4.39 Å². The van der Waals surface area contributed by atoms with Gasteiger partial charge in [0.1, 0.15) is 5.82 Å². The molecular weight excluding hydrogens is 319 g/mol. The highest BCUT2D eigenvalue weighted by Crippen LogP contribution is 2.33. The van der Waals surface area contributed by atoms with E-state index in [0.717, 1.165) is 24.9 Å². The Kier molecular flexibility index (Phi) is 5.19. The Hall–Kier alpha value is -1.17. The Labute approximate surface area is 140 Å². The van der Waals surface area contributed by atoms with E-state index in [0.29, 0.717) is 24.5 Å². The van der Waals surface area contributed by atoms with Crippen LogP contribution in [0.1, 0.15) is 31.2 Å². The zero-order valence-corrected chi connectivity index (χ0v) is 13.7. The summed E-state index contributed by atoms with van der Waals surface area (Å²) in [5.41, 5.74) is 0.871. The van der Waals surface area contributed by atoms with Gasteiger partial charge >= 0.3 is 5.97 Å². The first-order valence-corrected chi connectivity index (χ1v) is 8.52. The molecule has 2 aliphatic rings. The van der Waals surface area contributed by atoms with Gasteiger partial charge in [0.25, 0.3) is 0 Å². The summed E-state index contributed by atoms with van der Waals surface area (Å²) in [5, 5.41) is 12.6. The number of carbonyl (C=O) groups is 1. The minimum absolute atomic E-state index is 0.135. The first kappa shape index (κ1) is 16.7. The fourth-order valence-corrected chi connectivity index (χ4v) is 3.23. The first-order chi connectivity index (χ1) is 11.0. The smallest absolute Gasteiger partial charge is 0.317 e. The van der Waals surface area contributed by atoms with Crippen LogP contribution >= 0.6 is 11.6 Å². The summed E-state index contributed by atoms with van der Waals surface area (Å²) in [6.07, 6.45) is 4.37. The highest BCUT2D eigenvalue weighted by Gasteiger charge is 2.36. The molecule has 0 unspecified atom stereocenters. The molecule has 2 saturated carbocycles. The van der Waals surface area contributed by atoms with Crippen molar-refractivity contribution in [2.24, 2.45) is 5.92 Å². The number of carboxylic acid groups (broad SMARTS) is 1. The largest absolute Gasteiger partial charge is 0.480 e. The molecule has 2 aliphatic carbocycles. The quantitative estimate of drug-likeness (QED) is 0.764. The number of hydrogen-bond donors (Lipinski definition) is 2. The second-order valence-corrected chi connectivity index (χ2v) is 7.13. The van der Waals surface area contributed by atoms with Gasteiger partial charge in [0.05, 0.1) is 11.6 Å². The number of rotatable bonds is 8. The third-order valence-electron chi connectivity index (χ3n) is 4.74.